The van der Waals surface area contributed by atoms with Crippen molar-refractivity contribution in [3.05, 3.63) is 59.6 Å². The Balaban J connectivity index is 1.28. The fraction of sp³-hybridized carbons (Fsp3) is 0.560. The smallest absolute Gasteiger partial charge is 0.163 e. The van der Waals surface area contributed by atoms with Crippen LogP contribution in [-0.2, 0) is 17.4 Å². The Hall–Kier alpha value is -1.51. The highest BCUT2D eigenvalue weighted by Crippen LogP contribution is 2.42. The van der Waals surface area contributed by atoms with Gasteiger partial charge in [-0.05, 0) is 50.5 Å². The van der Waals surface area contributed by atoms with Gasteiger partial charge in [-0.25, -0.2) is 22.3 Å². The molecular formula is C25H33F2N3OS2. The van der Waals surface area contributed by atoms with Gasteiger partial charge in [-0.1, -0.05) is 48.2 Å². The topological polar surface area (TPSA) is 35.9 Å². The lowest BCUT2D eigenvalue weighted by Crippen LogP contribution is -2.61. The molecule has 33 heavy (non-hydrogen) atoms. The highest BCUT2D eigenvalue weighted by atomic mass is 32.2. The molecule has 2 heterocycles. The number of piperidine rings is 1. The minimum absolute atomic E-state index is 0.209. The lowest BCUT2D eigenvalue weighted by Gasteiger charge is -2.54. The Labute approximate surface area is 202 Å². The van der Waals surface area contributed by atoms with E-state index in [1.807, 2.05) is 10.6 Å². The average Bonchev–Trinajstić information content (AvgIpc) is 2.77. The number of aryl methyl sites for hydroxylation is 1. The monoisotopic (exact) mass is 493 g/mol. The van der Waals surface area contributed by atoms with Gasteiger partial charge in [0, 0.05) is 43.7 Å². The van der Waals surface area contributed by atoms with Gasteiger partial charge in [0.15, 0.2) is 5.17 Å². The normalized spacial score (nSPS) is 26.6. The Morgan fingerprint density at radius 3 is 2.52 bits per heavy atom. The van der Waals surface area contributed by atoms with Crippen LogP contribution in [0.15, 0.2) is 53.4 Å². The van der Waals surface area contributed by atoms with E-state index >= 15 is 0 Å². The minimum atomic E-state index is -1.43. The van der Waals surface area contributed by atoms with E-state index < -0.39 is 28.2 Å². The first-order valence-electron chi connectivity index (χ1n) is 11.6. The molecule has 0 saturated carbocycles. The SMILES string of the molecule is C=C(Cc1ccc(C)cc1)N=C(SC)N1CC2(CCN(S(=O)C3CCC(F)C=C3F)CC2)C1. The number of hydrogen-bond acceptors (Lipinski definition) is 3. The molecule has 2 fully saturated rings. The summed E-state index contributed by atoms with van der Waals surface area (Å²) in [5, 5.41) is 0.317. The molecule has 1 aliphatic carbocycles. The number of allylic oxidation sites excluding steroid dienone is 2. The van der Waals surface area contributed by atoms with E-state index in [2.05, 4.69) is 42.7 Å². The summed E-state index contributed by atoms with van der Waals surface area (Å²) >= 11 is 1.64. The van der Waals surface area contributed by atoms with Crippen molar-refractivity contribution in [2.75, 3.05) is 32.4 Å². The zero-order valence-electron chi connectivity index (χ0n) is 19.4. The number of rotatable bonds is 5. The van der Waals surface area contributed by atoms with E-state index in [4.69, 9.17) is 4.99 Å². The van der Waals surface area contributed by atoms with Crippen molar-refractivity contribution in [2.24, 2.45) is 10.4 Å². The highest BCUT2D eigenvalue weighted by Gasteiger charge is 2.47. The number of benzene rings is 1. The van der Waals surface area contributed by atoms with Crippen molar-refractivity contribution in [2.45, 2.75) is 50.4 Å². The van der Waals surface area contributed by atoms with Crippen LogP contribution in [0.5, 0.6) is 0 Å². The molecule has 0 aromatic heterocycles. The number of hydrogen-bond donors (Lipinski definition) is 0. The van der Waals surface area contributed by atoms with Crippen LogP contribution in [0.3, 0.4) is 0 Å². The number of alkyl halides is 1. The fourth-order valence-corrected chi connectivity index (χ4v) is 7.03. The molecule has 0 bridgehead atoms. The maximum Gasteiger partial charge on any atom is 0.163 e. The average molecular weight is 494 g/mol. The molecule has 2 saturated heterocycles. The third-order valence-corrected chi connectivity index (χ3v) is 9.46. The molecule has 1 spiro atoms. The second-order valence-electron chi connectivity index (χ2n) is 9.52. The van der Waals surface area contributed by atoms with Crippen molar-refractivity contribution in [3.63, 3.8) is 0 Å². The molecule has 0 N–H and O–H groups in total. The highest BCUT2D eigenvalue weighted by molar-refractivity contribution is 8.13. The molecule has 4 nitrogen and oxygen atoms in total. The second-order valence-corrected chi connectivity index (χ2v) is 11.9. The predicted octanol–water partition coefficient (Wildman–Crippen LogP) is 5.19. The summed E-state index contributed by atoms with van der Waals surface area (Å²) in [6, 6.07) is 8.46. The first-order chi connectivity index (χ1) is 15.8. The lowest BCUT2D eigenvalue weighted by atomic mass is 9.73. The van der Waals surface area contributed by atoms with Crippen molar-refractivity contribution >= 4 is 27.9 Å². The predicted molar refractivity (Wildman–Crippen MR) is 135 cm³/mol. The zero-order valence-corrected chi connectivity index (χ0v) is 21.1. The Bertz CT molecular complexity index is 947. The van der Waals surface area contributed by atoms with E-state index in [0.29, 0.717) is 19.5 Å². The van der Waals surface area contributed by atoms with Crippen molar-refractivity contribution in [3.8, 4) is 0 Å². The van der Waals surface area contributed by atoms with E-state index in [0.717, 1.165) is 49.3 Å². The Morgan fingerprint density at radius 1 is 1.24 bits per heavy atom. The molecule has 0 radical (unpaired) electrons. The van der Waals surface area contributed by atoms with Gasteiger partial charge in [0.2, 0.25) is 0 Å². The van der Waals surface area contributed by atoms with Gasteiger partial charge in [-0.2, -0.15) is 0 Å². The summed E-state index contributed by atoms with van der Waals surface area (Å²) in [6.07, 6.45) is 4.97. The summed E-state index contributed by atoms with van der Waals surface area (Å²) in [4.78, 5) is 7.11. The van der Waals surface area contributed by atoms with Gasteiger partial charge < -0.3 is 4.90 Å². The minimum Gasteiger partial charge on any atom is -0.350 e. The van der Waals surface area contributed by atoms with Gasteiger partial charge in [0.1, 0.15) is 28.2 Å². The molecule has 4 rings (SSSR count). The van der Waals surface area contributed by atoms with Crippen molar-refractivity contribution in [1.29, 1.82) is 0 Å². The van der Waals surface area contributed by atoms with Crippen LogP contribution < -0.4 is 0 Å². The van der Waals surface area contributed by atoms with Gasteiger partial charge in [0.05, 0.1) is 0 Å². The molecule has 3 atom stereocenters. The first-order valence-corrected chi connectivity index (χ1v) is 14.0. The van der Waals surface area contributed by atoms with Crippen LogP contribution in [0, 0.1) is 12.3 Å². The van der Waals surface area contributed by atoms with Crippen molar-refractivity contribution in [1.82, 2.24) is 9.21 Å². The lowest BCUT2D eigenvalue weighted by molar-refractivity contribution is 0.0136. The largest absolute Gasteiger partial charge is 0.350 e. The molecule has 1 aromatic rings. The summed E-state index contributed by atoms with van der Waals surface area (Å²) in [5.74, 6) is -0.547. The molecule has 2 aliphatic heterocycles. The Kier molecular flexibility index (Phi) is 7.76. The molecule has 1 aromatic carbocycles. The molecule has 0 amide bonds. The maximum atomic E-state index is 14.1. The zero-order chi connectivity index (χ0) is 23.6. The first kappa shape index (κ1) is 24.6. The fourth-order valence-electron chi connectivity index (χ4n) is 4.91. The van der Waals surface area contributed by atoms with Crippen LogP contribution in [0.25, 0.3) is 0 Å². The van der Waals surface area contributed by atoms with Gasteiger partial charge in [0.25, 0.3) is 0 Å². The van der Waals surface area contributed by atoms with Crippen molar-refractivity contribution < 1.29 is 13.0 Å². The summed E-state index contributed by atoms with van der Waals surface area (Å²) < 4.78 is 42.3. The summed E-state index contributed by atoms with van der Waals surface area (Å²) in [7, 11) is -1.43. The molecule has 180 valence electrons. The molecule has 3 unspecified atom stereocenters. The summed E-state index contributed by atoms with van der Waals surface area (Å²) in [6.45, 7) is 9.50. The van der Waals surface area contributed by atoms with Crippen LogP contribution in [-0.4, -0.2) is 62.4 Å². The number of thioether (sulfide) groups is 1. The van der Waals surface area contributed by atoms with Gasteiger partial charge in [-0.3, -0.25) is 0 Å². The van der Waals surface area contributed by atoms with Crippen LogP contribution in [0.1, 0.15) is 36.8 Å². The molecule has 8 heteroatoms. The Morgan fingerprint density at radius 2 is 1.91 bits per heavy atom. The maximum absolute atomic E-state index is 14.1. The third-order valence-electron chi connectivity index (χ3n) is 6.92. The molecule has 3 aliphatic rings. The number of aliphatic imine (C=N–C) groups is 1. The van der Waals surface area contributed by atoms with E-state index in [1.165, 1.54) is 11.1 Å². The summed E-state index contributed by atoms with van der Waals surface area (Å²) in [5.41, 5.74) is 3.52. The third kappa shape index (κ3) is 5.77. The van der Waals surface area contributed by atoms with Crippen LogP contribution >= 0.6 is 11.8 Å². The van der Waals surface area contributed by atoms with Gasteiger partial charge in [-0.15, -0.1) is 0 Å². The second kappa shape index (κ2) is 10.4. The number of likely N-dealkylation sites (tertiary alicyclic amines) is 1. The number of halogens is 2. The van der Waals surface area contributed by atoms with E-state index in [-0.39, 0.29) is 11.8 Å². The van der Waals surface area contributed by atoms with Crippen LogP contribution in [0.4, 0.5) is 8.78 Å². The van der Waals surface area contributed by atoms with E-state index in [1.54, 1.807) is 11.8 Å². The van der Waals surface area contributed by atoms with Crippen LogP contribution in [0.2, 0.25) is 0 Å². The molecular weight excluding hydrogens is 460 g/mol. The number of nitrogens with zero attached hydrogens (tertiary/aromatic N) is 3. The standard InChI is InChI=1S/C25H33F2N3OS2/c1-18-4-6-20(7-5-18)14-19(2)28-24(32-3)29-16-25(17-29)10-12-30(13-11-25)33(31)23-9-8-21(26)15-22(23)27/h4-7,15,21,23H,2,8-14,16-17H2,1,3H3. The quantitative estimate of drug-likeness (QED) is 0.419. The number of amidine groups is 1. The van der Waals surface area contributed by atoms with Gasteiger partial charge >= 0.3 is 0 Å². The van der Waals surface area contributed by atoms with E-state index in [9.17, 15) is 13.0 Å².